The third-order valence-electron chi connectivity index (χ3n) is 6.06. The number of carbonyl (C=O) groups excluding carboxylic acids is 1. The molecule has 0 atom stereocenters. The number of nitrogens with zero attached hydrogens (tertiary/aromatic N) is 6. The fourth-order valence-corrected chi connectivity index (χ4v) is 4.19. The minimum absolute atomic E-state index is 0.0351. The van der Waals surface area contributed by atoms with E-state index in [0.29, 0.717) is 42.4 Å². The zero-order chi connectivity index (χ0) is 22.1. The highest BCUT2D eigenvalue weighted by Gasteiger charge is 2.35. The van der Waals surface area contributed by atoms with Gasteiger partial charge in [-0.2, -0.15) is 5.10 Å². The van der Waals surface area contributed by atoms with Crippen molar-refractivity contribution >= 4 is 5.91 Å². The van der Waals surface area contributed by atoms with Crippen LogP contribution in [0, 0.1) is 5.82 Å². The molecular weight excluding hydrogens is 411 g/mol. The lowest BCUT2D eigenvalue weighted by atomic mass is 10.1. The molecule has 0 radical (unpaired) electrons. The van der Waals surface area contributed by atoms with Crippen molar-refractivity contribution in [3.05, 3.63) is 59.8 Å². The van der Waals surface area contributed by atoms with Crippen molar-refractivity contribution < 1.29 is 14.3 Å². The van der Waals surface area contributed by atoms with Crippen LogP contribution in [0.4, 0.5) is 4.39 Å². The molecule has 1 amide bonds. The summed E-state index contributed by atoms with van der Waals surface area (Å²) in [4.78, 5) is 26.2. The maximum Gasteiger partial charge on any atom is 0.257 e. The van der Waals surface area contributed by atoms with E-state index in [1.165, 1.54) is 6.07 Å². The summed E-state index contributed by atoms with van der Waals surface area (Å²) in [6.07, 6.45) is 5.17. The van der Waals surface area contributed by atoms with Crippen molar-refractivity contribution in [3.63, 3.8) is 0 Å². The number of aliphatic hydroxyl groups excluding tert-OH is 1. The molecule has 2 aromatic heterocycles. The Balaban J connectivity index is 1.44. The van der Waals surface area contributed by atoms with Crippen molar-refractivity contribution in [2.75, 3.05) is 39.3 Å². The number of carbonyl (C=O) groups is 1. The van der Waals surface area contributed by atoms with Gasteiger partial charge >= 0.3 is 0 Å². The second-order valence-corrected chi connectivity index (χ2v) is 8.21. The normalized spacial score (nSPS) is 17.0. The zero-order valence-electron chi connectivity index (χ0n) is 17.7. The van der Waals surface area contributed by atoms with E-state index >= 15 is 0 Å². The molecule has 8 nitrogen and oxygen atoms in total. The first-order valence-electron chi connectivity index (χ1n) is 10.9. The molecular formula is C23H25FN6O2. The summed E-state index contributed by atoms with van der Waals surface area (Å²) in [6.45, 7) is 3.47. The van der Waals surface area contributed by atoms with E-state index in [0.717, 1.165) is 31.6 Å². The van der Waals surface area contributed by atoms with Crippen LogP contribution in [0.15, 0.2) is 42.7 Å². The van der Waals surface area contributed by atoms with Crippen molar-refractivity contribution in [2.45, 2.75) is 18.8 Å². The van der Waals surface area contributed by atoms with E-state index in [1.54, 1.807) is 41.3 Å². The van der Waals surface area contributed by atoms with Crippen LogP contribution in [-0.2, 0) is 0 Å². The second kappa shape index (κ2) is 8.76. The van der Waals surface area contributed by atoms with Crippen LogP contribution in [0.2, 0.25) is 0 Å². The minimum atomic E-state index is -0.351. The molecule has 1 N–H and O–H groups in total. The van der Waals surface area contributed by atoms with Crippen LogP contribution < -0.4 is 0 Å². The number of β-amino-alcohol motifs (C(OH)–C–C–N with tert-alkyl or cyclic N) is 1. The first-order valence-corrected chi connectivity index (χ1v) is 10.9. The Morgan fingerprint density at radius 2 is 1.91 bits per heavy atom. The molecule has 9 heteroatoms. The summed E-state index contributed by atoms with van der Waals surface area (Å²) >= 11 is 0. The molecule has 5 rings (SSSR count). The monoisotopic (exact) mass is 436 g/mol. The number of halogens is 1. The van der Waals surface area contributed by atoms with Gasteiger partial charge in [-0.3, -0.25) is 9.69 Å². The summed E-state index contributed by atoms with van der Waals surface area (Å²) in [5.74, 6) is 0.190. The van der Waals surface area contributed by atoms with Crippen LogP contribution >= 0.6 is 0 Å². The maximum absolute atomic E-state index is 14.3. The van der Waals surface area contributed by atoms with E-state index in [4.69, 9.17) is 5.11 Å². The molecule has 3 heterocycles. The highest BCUT2D eigenvalue weighted by molar-refractivity contribution is 5.95. The van der Waals surface area contributed by atoms with E-state index < -0.39 is 0 Å². The van der Waals surface area contributed by atoms with E-state index in [2.05, 4.69) is 20.0 Å². The molecule has 2 aliphatic rings. The van der Waals surface area contributed by atoms with Gasteiger partial charge in [0, 0.05) is 50.4 Å². The minimum Gasteiger partial charge on any atom is -0.395 e. The standard InChI is InChI=1S/C23H25FN6O2/c24-19-4-2-1-3-17(19)20-7-8-25-23(27-20)30-21(16-5-6-16)18(15-26-30)22(32)29-11-9-28(10-12-29)13-14-31/h1-4,7-8,15-16,31H,5-6,9-14H2. The largest absolute Gasteiger partial charge is 0.395 e. The summed E-state index contributed by atoms with van der Waals surface area (Å²) in [7, 11) is 0. The maximum atomic E-state index is 14.3. The second-order valence-electron chi connectivity index (χ2n) is 8.21. The van der Waals surface area contributed by atoms with Gasteiger partial charge in [0.2, 0.25) is 0 Å². The smallest absolute Gasteiger partial charge is 0.257 e. The van der Waals surface area contributed by atoms with Gasteiger partial charge in [0.25, 0.3) is 11.9 Å². The molecule has 32 heavy (non-hydrogen) atoms. The fourth-order valence-electron chi connectivity index (χ4n) is 4.19. The topological polar surface area (TPSA) is 87.4 Å². The van der Waals surface area contributed by atoms with Gasteiger partial charge in [0.15, 0.2) is 0 Å². The lowest BCUT2D eigenvalue weighted by molar-refractivity contribution is 0.0614. The molecule has 3 aromatic rings. The van der Waals surface area contributed by atoms with Gasteiger partial charge in [-0.25, -0.2) is 19.0 Å². The van der Waals surface area contributed by atoms with Crippen molar-refractivity contribution in [2.24, 2.45) is 0 Å². The lowest BCUT2D eigenvalue weighted by Crippen LogP contribution is -2.49. The van der Waals surface area contributed by atoms with E-state index in [-0.39, 0.29) is 24.2 Å². The molecule has 166 valence electrons. The van der Waals surface area contributed by atoms with Crippen molar-refractivity contribution in [1.29, 1.82) is 0 Å². The van der Waals surface area contributed by atoms with Crippen LogP contribution in [0.5, 0.6) is 0 Å². The molecule has 1 aliphatic heterocycles. The highest BCUT2D eigenvalue weighted by atomic mass is 19.1. The Bertz CT molecular complexity index is 1120. The van der Waals surface area contributed by atoms with Crippen LogP contribution in [-0.4, -0.2) is 79.9 Å². The Kier molecular flexibility index (Phi) is 5.67. The summed E-state index contributed by atoms with van der Waals surface area (Å²) in [5, 5.41) is 13.6. The Labute approximate surface area is 185 Å². The highest BCUT2D eigenvalue weighted by Crippen LogP contribution is 2.42. The van der Waals surface area contributed by atoms with Gasteiger partial charge in [0.1, 0.15) is 5.82 Å². The molecule has 0 spiro atoms. The average Bonchev–Trinajstić information content (AvgIpc) is 3.57. The van der Waals surface area contributed by atoms with Crippen molar-refractivity contribution in [3.8, 4) is 17.2 Å². The Morgan fingerprint density at radius 1 is 1.12 bits per heavy atom. The third-order valence-corrected chi connectivity index (χ3v) is 6.06. The first-order chi connectivity index (χ1) is 15.7. The Morgan fingerprint density at radius 3 is 2.62 bits per heavy atom. The third kappa shape index (κ3) is 4.01. The molecule has 0 unspecified atom stereocenters. The van der Waals surface area contributed by atoms with Gasteiger partial charge in [-0.1, -0.05) is 12.1 Å². The number of piperazine rings is 1. The summed E-state index contributed by atoms with van der Waals surface area (Å²) in [6, 6.07) is 8.15. The predicted molar refractivity (Wildman–Crippen MR) is 116 cm³/mol. The molecule has 1 aromatic carbocycles. The van der Waals surface area contributed by atoms with Crippen LogP contribution in [0.3, 0.4) is 0 Å². The molecule has 1 aliphatic carbocycles. The van der Waals surface area contributed by atoms with E-state index in [9.17, 15) is 9.18 Å². The average molecular weight is 436 g/mol. The number of amides is 1. The number of hydrogen-bond donors (Lipinski definition) is 1. The number of hydrogen-bond acceptors (Lipinski definition) is 6. The van der Waals surface area contributed by atoms with Gasteiger partial charge in [0.05, 0.1) is 29.8 Å². The number of aliphatic hydroxyl groups is 1. The first kappa shape index (κ1) is 20.7. The zero-order valence-corrected chi connectivity index (χ0v) is 17.7. The predicted octanol–water partition coefficient (Wildman–Crippen LogP) is 2.10. The molecule has 0 bridgehead atoms. The van der Waals surface area contributed by atoms with Gasteiger partial charge in [-0.15, -0.1) is 0 Å². The SMILES string of the molecule is O=C(c1cnn(-c2nccc(-c3ccccc3F)n2)c1C1CC1)N1CCN(CCO)CC1. The summed E-state index contributed by atoms with van der Waals surface area (Å²) < 4.78 is 15.9. The van der Waals surface area contributed by atoms with Gasteiger partial charge in [-0.05, 0) is 31.0 Å². The number of benzene rings is 1. The quantitative estimate of drug-likeness (QED) is 0.637. The summed E-state index contributed by atoms with van der Waals surface area (Å²) in [5.41, 5.74) is 2.29. The van der Waals surface area contributed by atoms with Crippen LogP contribution in [0.25, 0.3) is 17.2 Å². The number of aromatic nitrogens is 4. The fraction of sp³-hybridized carbons (Fsp3) is 0.391. The van der Waals surface area contributed by atoms with E-state index in [1.807, 2.05) is 4.90 Å². The number of rotatable bonds is 6. The Hall–Kier alpha value is -3.17. The van der Waals surface area contributed by atoms with Crippen molar-refractivity contribution in [1.82, 2.24) is 29.5 Å². The molecule has 2 fully saturated rings. The molecule has 1 saturated carbocycles. The molecule has 1 saturated heterocycles. The lowest BCUT2D eigenvalue weighted by Gasteiger charge is -2.34. The van der Waals surface area contributed by atoms with Crippen LogP contribution in [0.1, 0.15) is 34.8 Å². The van der Waals surface area contributed by atoms with Gasteiger partial charge < -0.3 is 10.0 Å².